The van der Waals surface area contributed by atoms with Crippen molar-refractivity contribution in [2.24, 2.45) is 0 Å². The topological polar surface area (TPSA) is 49.3 Å². The molecule has 1 aromatic carbocycles. The zero-order chi connectivity index (χ0) is 13.8. The lowest BCUT2D eigenvalue weighted by atomic mass is 10.3. The standard InChI is InChI=1S/C13H11Cl2NO2S/c14-11-4-1-8(5-12(11)15)16-7-10-3-2-9(19-10)6-13(17)18/h1-5,16H,6-7H2,(H,17,18). The van der Waals surface area contributed by atoms with Gasteiger partial charge >= 0.3 is 5.97 Å². The number of hydrogen-bond acceptors (Lipinski definition) is 3. The Bertz CT molecular complexity index is 598. The van der Waals surface area contributed by atoms with Crippen LogP contribution in [0, 0.1) is 0 Å². The molecule has 0 amide bonds. The van der Waals surface area contributed by atoms with Crippen molar-refractivity contribution in [3.63, 3.8) is 0 Å². The first-order valence-corrected chi connectivity index (χ1v) is 7.10. The van der Waals surface area contributed by atoms with E-state index in [4.69, 9.17) is 28.3 Å². The van der Waals surface area contributed by atoms with E-state index >= 15 is 0 Å². The van der Waals surface area contributed by atoms with Gasteiger partial charge in [0.25, 0.3) is 0 Å². The normalized spacial score (nSPS) is 10.4. The summed E-state index contributed by atoms with van der Waals surface area (Å²) in [7, 11) is 0. The first-order chi connectivity index (χ1) is 9.04. The van der Waals surface area contributed by atoms with Crippen molar-refractivity contribution in [1.82, 2.24) is 0 Å². The lowest BCUT2D eigenvalue weighted by molar-refractivity contribution is -0.136. The predicted molar refractivity (Wildman–Crippen MR) is 79.4 cm³/mol. The fourth-order valence-corrected chi connectivity index (χ4v) is 2.80. The van der Waals surface area contributed by atoms with E-state index in [9.17, 15) is 4.79 Å². The number of carbonyl (C=O) groups is 1. The van der Waals surface area contributed by atoms with E-state index < -0.39 is 5.97 Å². The second kappa shape index (κ2) is 6.28. The maximum Gasteiger partial charge on any atom is 0.308 e. The number of halogens is 2. The van der Waals surface area contributed by atoms with Crippen molar-refractivity contribution in [3.8, 4) is 0 Å². The van der Waals surface area contributed by atoms with Gasteiger partial charge in [0.2, 0.25) is 0 Å². The zero-order valence-corrected chi connectivity index (χ0v) is 12.1. The Morgan fingerprint density at radius 2 is 1.89 bits per heavy atom. The van der Waals surface area contributed by atoms with Crippen LogP contribution in [-0.4, -0.2) is 11.1 Å². The number of nitrogens with one attached hydrogen (secondary N) is 1. The van der Waals surface area contributed by atoms with Gasteiger partial charge in [-0.05, 0) is 30.3 Å². The van der Waals surface area contributed by atoms with Crippen LogP contribution in [0.2, 0.25) is 10.0 Å². The molecule has 6 heteroatoms. The highest BCUT2D eigenvalue weighted by Gasteiger charge is 2.05. The van der Waals surface area contributed by atoms with Crippen LogP contribution >= 0.6 is 34.5 Å². The molecule has 0 saturated carbocycles. The second-order valence-corrected chi connectivity index (χ2v) is 5.99. The highest BCUT2D eigenvalue weighted by atomic mass is 35.5. The van der Waals surface area contributed by atoms with E-state index in [1.807, 2.05) is 18.2 Å². The van der Waals surface area contributed by atoms with E-state index in [-0.39, 0.29) is 6.42 Å². The van der Waals surface area contributed by atoms with Crippen LogP contribution in [0.1, 0.15) is 9.75 Å². The fraction of sp³-hybridized carbons (Fsp3) is 0.154. The molecule has 0 bridgehead atoms. The molecule has 0 saturated heterocycles. The van der Waals surface area contributed by atoms with Crippen LogP contribution in [0.25, 0.3) is 0 Å². The molecule has 0 fully saturated rings. The SMILES string of the molecule is O=C(O)Cc1ccc(CNc2ccc(Cl)c(Cl)c2)s1. The van der Waals surface area contributed by atoms with Gasteiger partial charge in [-0.3, -0.25) is 4.79 Å². The van der Waals surface area contributed by atoms with Gasteiger partial charge in [0, 0.05) is 22.0 Å². The van der Waals surface area contributed by atoms with Gasteiger partial charge < -0.3 is 10.4 Å². The van der Waals surface area contributed by atoms with E-state index in [1.54, 1.807) is 12.1 Å². The van der Waals surface area contributed by atoms with Crippen LogP contribution in [0.4, 0.5) is 5.69 Å². The smallest absolute Gasteiger partial charge is 0.308 e. The first-order valence-electron chi connectivity index (χ1n) is 5.53. The molecule has 0 radical (unpaired) electrons. The van der Waals surface area contributed by atoms with Crippen molar-refractivity contribution in [2.45, 2.75) is 13.0 Å². The monoisotopic (exact) mass is 315 g/mol. The Kier molecular flexibility index (Phi) is 4.69. The molecule has 2 rings (SSSR count). The van der Waals surface area contributed by atoms with Crippen molar-refractivity contribution in [2.75, 3.05) is 5.32 Å². The molecule has 2 aromatic rings. The minimum absolute atomic E-state index is 0.0669. The Morgan fingerprint density at radius 1 is 1.16 bits per heavy atom. The van der Waals surface area contributed by atoms with Gasteiger partial charge in [-0.1, -0.05) is 23.2 Å². The first kappa shape index (κ1) is 14.2. The summed E-state index contributed by atoms with van der Waals surface area (Å²) in [5.41, 5.74) is 0.877. The zero-order valence-electron chi connectivity index (χ0n) is 9.82. The highest BCUT2D eigenvalue weighted by Crippen LogP contribution is 2.26. The third-order valence-corrected chi connectivity index (χ3v) is 4.25. The number of thiophene rings is 1. The van der Waals surface area contributed by atoms with E-state index in [0.29, 0.717) is 16.6 Å². The third kappa shape index (κ3) is 4.13. The van der Waals surface area contributed by atoms with Crippen molar-refractivity contribution < 1.29 is 9.90 Å². The van der Waals surface area contributed by atoms with Gasteiger partial charge in [-0.2, -0.15) is 0 Å². The number of hydrogen-bond donors (Lipinski definition) is 2. The molecule has 19 heavy (non-hydrogen) atoms. The molecule has 0 spiro atoms. The Morgan fingerprint density at radius 3 is 2.58 bits per heavy atom. The van der Waals surface area contributed by atoms with Crippen LogP contribution in [0.5, 0.6) is 0 Å². The quantitative estimate of drug-likeness (QED) is 0.865. The summed E-state index contributed by atoms with van der Waals surface area (Å²) >= 11 is 13.2. The van der Waals surface area contributed by atoms with Gasteiger partial charge in [-0.25, -0.2) is 0 Å². The van der Waals surface area contributed by atoms with Crippen LogP contribution in [-0.2, 0) is 17.8 Å². The van der Waals surface area contributed by atoms with Crippen molar-refractivity contribution in [1.29, 1.82) is 0 Å². The minimum Gasteiger partial charge on any atom is -0.481 e. The number of anilines is 1. The highest BCUT2D eigenvalue weighted by molar-refractivity contribution is 7.12. The number of carboxylic acids is 1. The Balaban J connectivity index is 1.96. The third-order valence-electron chi connectivity index (χ3n) is 2.43. The molecule has 0 aliphatic carbocycles. The van der Waals surface area contributed by atoms with Crippen LogP contribution in [0.15, 0.2) is 30.3 Å². The molecule has 0 unspecified atom stereocenters. The largest absolute Gasteiger partial charge is 0.481 e. The molecular weight excluding hydrogens is 305 g/mol. The Labute approximate surface area is 124 Å². The van der Waals surface area contributed by atoms with Crippen LogP contribution in [0.3, 0.4) is 0 Å². The molecular formula is C13H11Cl2NO2S. The molecule has 3 nitrogen and oxygen atoms in total. The number of rotatable bonds is 5. The predicted octanol–water partition coefficient (Wildman–Crippen LogP) is 4.29. The summed E-state index contributed by atoms with van der Waals surface area (Å²) in [4.78, 5) is 12.5. The number of benzene rings is 1. The average molecular weight is 316 g/mol. The van der Waals surface area contributed by atoms with E-state index in [2.05, 4.69) is 5.32 Å². The molecule has 0 aliphatic heterocycles. The van der Waals surface area contributed by atoms with E-state index in [1.165, 1.54) is 11.3 Å². The van der Waals surface area contributed by atoms with Crippen molar-refractivity contribution >= 4 is 46.2 Å². The molecule has 0 atom stereocenters. The minimum atomic E-state index is -0.814. The molecule has 2 N–H and O–H groups in total. The van der Waals surface area contributed by atoms with Gasteiger partial charge in [0.15, 0.2) is 0 Å². The summed E-state index contributed by atoms with van der Waals surface area (Å²) in [6, 6.07) is 9.10. The number of aliphatic carboxylic acids is 1. The fourth-order valence-electron chi connectivity index (χ4n) is 1.56. The van der Waals surface area contributed by atoms with E-state index in [0.717, 1.165) is 15.4 Å². The lowest BCUT2D eigenvalue weighted by Crippen LogP contribution is -1.98. The van der Waals surface area contributed by atoms with Gasteiger partial charge in [-0.15, -0.1) is 11.3 Å². The summed E-state index contributed by atoms with van der Waals surface area (Å²) in [6.45, 7) is 0.627. The van der Waals surface area contributed by atoms with Gasteiger partial charge in [0.1, 0.15) is 0 Å². The maximum absolute atomic E-state index is 10.6. The summed E-state index contributed by atoms with van der Waals surface area (Å²) in [5.74, 6) is -0.814. The molecule has 0 aliphatic rings. The molecule has 1 heterocycles. The molecule has 1 aromatic heterocycles. The Hall–Kier alpha value is -1.23. The second-order valence-electron chi connectivity index (χ2n) is 3.92. The summed E-state index contributed by atoms with van der Waals surface area (Å²) < 4.78 is 0. The summed E-state index contributed by atoms with van der Waals surface area (Å²) in [5, 5.41) is 12.9. The molecule has 100 valence electrons. The average Bonchev–Trinajstić information content (AvgIpc) is 2.77. The van der Waals surface area contributed by atoms with Gasteiger partial charge in [0.05, 0.1) is 16.5 Å². The van der Waals surface area contributed by atoms with Crippen molar-refractivity contribution in [3.05, 3.63) is 50.1 Å². The maximum atomic E-state index is 10.6. The lowest BCUT2D eigenvalue weighted by Gasteiger charge is -2.05. The number of carboxylic acid groups (broad SMARTS) is 1. The van der Waals surface area contributed by atoms with Crippen LogP contribution < -0.4 is 5.32 Å². The summed E-state index contributed by atoms with van der Waals surface area (Å²) in [6.07, 6.45) is 0.0669.